The fourth-order valence-electron chi connectivity index (χ4n) is 3.08. The molecule has 2 fully saturated rings. The van der Waals surface area contributed by atoms with Crippen LogP contribution in [0.25, 0.3) is 0 Å². The van der Waals surface area contributed by atoms with E-state index in [0.717, 1.165) is 26.1 Å². The van der Waals surface area contributed by atoms with Crippen LogP contribution in [0, 0.1) is 0 Å². The number of rotatable bonds is 4. The van der Waals surface area contributed by atoms with E-state index in [-0.39, 0.29) is 0 Å². The van der Waals surface area contributed by atoms with Gasteiger partial charge in [0.2, 0.25) is 0 Å². The maximum atomic E-state index is 11.3. The highest BCUT2D eigenvalue weighted by atomic mass is 16.5. The third-order valence-electron chi connectivity index (χ3n) is 3.98. The van der Waals surface area contributed by atoms with E-state index in [2.05, 4.69) is 4.90 Å². The fourth-order valence-corrected chi connectivity index (χ4v) is 3.08. The first-order valence-electron chi connectivity index (χ1n) is 7.11. The lowest BCUT2D eigenvalue weighted by atomic mass is 9.96. The van der Waals surface area contributed by atoms with Crippen LogP contribution in [0.2, 0.25) is 0 Å². The predicted molar refractivity (Wildman–Crippen MR) is 68.1 cm³/mol. The summed E-state index contributed by atoms with van der Waals surface area (Å²) >= 11 is 0. The molecule has 0 aromatic heterocycles. The molecule has 3 nitrogen and oxygen atoms in total. The molecule has 2 heterocycles. The maximum absolute atomic E-state index is 11.3. The molecule has 0 aromatic rings. The number of ether oxygens (including phenoxy) is 1. The van der Waals surface area contributed by atoms with E-state index in [4.69, 9.17) is 4.74 Å². The summed E-state index contributed by atoms with van der Waals surface area (Å²) < 4.78 is 5.81. The third-order valence-corrected chi connectivity index (χ3v) is 3.98. The molecule has 17 heavy (non-hydrogen) atoms. The van der Waals surface area contributed by atoms with Gasteiger partial charge in [-0.25, -0.2) is 0 Å². The van der Waals surface area contributed by atoms with Crippen molar-refractivity contribution in [3.05, 3.63) is 0 Å². The Labute approximate surface area is 105 Å². The molecular weight excluding hydrogens is 214 g/mol. The normalized spacial score (nSPS) is 31.4. The minimum absolute atomic E-state index is 0.325. The summed E-state index contributed by atoms with van der Waals surface area (Å²) in [6.45, 7) is 4.83. The van der Waals surface area contributed by atoms with Gasteiger partial charge in [-0.1, -0.05) is 6.42 Å². The molecule has 2 atom stereocenters. The van der Waals surface area contributed by atoms with Gasteiger partial charge in [-0.3, -0.25) is 9.69 Å². The van der Waals surface area contributed by atoms with Crippen molar-refractivity contribution in [3.63, 3.8) is 0 Å². The van der Waals surface area contributed by atoms with Gasteiger partial charge in [0.1, 0.15) is 5.78 Å². The second-order valence-corrected chi connectivity index (χ2v) is 5.54. The van der Waals surface area contributed by atoms with E-state index in [9.17, 15) is 4.79 Å². The monoisotopic (exact) mass is 239 g/mol. The standard InChI is InChI=1S/C14H25NO2/c1-12(16)10-13-6-2-4-8-15(13)11-14-7-3-5-9-17-14/h13-14H,2-11H2,1H3. The van der Waals surface area contributed by atoms with E-state index < -0.39 is 0 Å². The topological polar surface area (TPSA) is 29.5 Å². The van der Waals surface area contributed by atoms with Crippen molar-refractivity contribution in [2.24, 2.45) is 0 Å². The lowest BCUT2D eigenvalue weighted by molar-refractivity contribution is -0.118. The molecule has 0 N–H and O–H groups in total. The molecule has 2 aliphatic rings. The highest BCUT2D eigenvalue weighted by Gasteiger charge is 2.26. The fraction of sp³-hybridized carbons (Fsp3) is 0.929. The lowest BCUT2D eigenvalue weighted by Crippen LogP contribution is -2.45. The van der Waals surface area contributed by atoms with Crippen LogP contribution >= 0.6 is 0 Å². The van der Waals surface area contributed by atoms with E-state index in [0.29, 0.717) is 17.9 Å². The minimum Gasteiger partial charge on any atom is -0.377 e. The molecule has 0 aliphatic carbocycles. The molecule has 0 spiro atoms. The second-order valence-electron chi connectivity index (χ2n) is 5.54. The minimum atomic E-state index is 0.325. The van der Waals surface area contributed by atoms with Crippen LogP contribution in [-0.2, 0) is 9.53 Å². The maximum Gasteiger partial charge on any atom is 0.131 e. The zero-order valence-electron chi connectivity index (χ0n) is 11.0. The Morgan fingerprint density at radius 3 is 2.76 bits per heavy atom. The largest absolute Gasteiger partial charge is 0.377 e. The first kappa shape index (κ1) is 13.0. The molecule has 0 aromatic carbocycles. The van der Waals surface area contributed by atoms with Crippen LogP contribution < -0.4 is 0 Å². The Hall–Kier alpha value is -0.410. The van der Waals surface area contributed by atoms with Crippen LogP contribution in [0.5, 0.6) is 0 Å². The molecule has 0 bridgehead atoms. The van der Waals surface area contributed by atoms with Crippen molar-refractivity contribution in [1.29, 1.82) is 0 Å². The van der Waals surface area contributed by atoms with Gasteiger partial charge in [0, 0.05) is 25.6 Å². The molecule has 2 saturated heterocycles. The highest BCUT2D eigenvalue weighted by Crippen LogP contribution is 2.22. The van der Waals surface area contributed by atoms with Crippen LogP contribution in [0.15, 0.2) is 0 Å². The second kappa shape index (κ2) is 6.50. The average molecular weight is 239 g/mol. The summed E-state index contributed by atoms with van der Waals surface area (Å²) in [5.41, 5.74) is 0. The third kappa shape index (κ3) is 4.07. The molecule has 0 saturated carbocycles. The number of likely N-dealkylation sites (tertiary alicyclic amines) is 1. The predicted octanol–water partition coefficient (Wildman–Crippen LogP) is 2.39. The van der Waals surface area contributed by atoms with Gasteiger partial charge in [-0.05, 0) is 45.6 Å². The van der Waals surface area contributed by atoms with Crippen molar-refractivity contribution in [3.8, 4) is 0 Å². The smallest absolute Gasteiger partial charge is 0.131 e. The zero-order chi connectivity index (χ0) is 12.1. The number of nitrogens with zero attached hydrogens (tertiary/aromatic N) is 1. The van der Waals surface area contributed by atoms with Crippen LogP contribution in [0.3, 0.4) is 0 Å². The Bertz CT molecular complexity index is 249. The summed E-state index contributed by atoms with van der Waals surface area (Å²) in [6, 6.07) is 0.478. The molecule has 2 aliphatic heterocycles. The Morgan fingerprint density at radius 2 is 2.06 bits per heavy atom. The molecular formula is C14H25NO2. The van der Waals surface area contributed by atoms with E-state index in [1.165, 1.54) is 38.5 Å². The number of hydrogen-bond acceptors (Lipinski definition) is 3. The van der Waals surface area contributed by atoms with Gasteiger partial charge < -0.3 is 4.74 Å². The molecule has 0 radical (unpaired) electrons. The zero-order valence-corrected chi connectivity index (χ0v) is 11.0. The summed E-state index contributed by atoms with van der Waals surface area (Å²) in [5, 5.41) is 0. The Morgan fingerprint density at radius 1 is 1.24 bits per heavy atom. The SMILES string of the molecule is CC(=O)CC1CCCCN1CC1CCCCO1. The van der Waals surface area contributed by atoms with Crippen LogP contribution in [-0.4, -0.2) is 42.5 Å². The summed E-state index contributed by atoms with van der Waals surface area (Å²) in [5.74, 6) is 0.325. The summed E-state index contributed by atoms with van der Waals surface area (Å²) in [4.78, 5) is 13.8. The quantitative estimate of drug-likeness (QED) is 0.754. The van der Waals surface area contributed by atoms with E-state index in [1.807, 2.05) is 0 Å². The summed E-state index contributed by atoms with van der Waals surface area (Å²) in [6.07, 6.45) is 8.60. The van der Waals surface area contributed by atoms with Crippen molar-refractivity contribution in [2.45, 2.75) is 64.0 Å². The van der Waals surface area contributed by atoms with Crippen molar-refractivity contribution in [1.82, 2.24) is 4.90 Å². The molecule has 2 rings (SSSR count). The van der Waals surface area contributed by atoms with E-state index >= 15 is 0 Å². The number of ketones is 1. The van der Waals surface area contributed by atoms with Gasteiger partial charge in [0.05, 0.1) is 6.10 Å². The van der Waals surface area contributed by atoms with Crippen molar-refractivity contribution < 1.29 is 9.53 Å². The number of piperidine rings is 1. The molecule has 3 heteroatoms. The number of carbonyl (C=O) groups excluding carboxylic acids is 1. The van der Waals surface area contributed by atoms with Gasteiger partial charge in [-0.2, -0.15) is 0 Å². The molecule has 98 valence electrons. The van der Waals surface area contributed by atoms with Crippen LogP contribution in [0.1, 0.15) is 51.9 Å². The van der Waals surface area contributed by atoms with E-state index in [1.54, 1.807) is 6.92 Å². The number of carbonyl (C=O) groups is 1. The number of Topliss-reactive ketones (excluding diaryl/α,β-unsaturated/α-hetero) is 1. The average Bonchev–Trinajstić information content (AvgIpc) is 2.32. The Balaban J connectivity index is 1.84. The summed E-state index contributed by atoms with van der Waals surface area (Å²) in [7, 11) is 0. The lowest BCUT2D eigenvalue weighted by Gasteiger charge is -2.38. The molecule has 0 amide bonds. The van der Waals surface area contributed by atoms with Gasteiger partial charge in [-0.15, -0.1) is 0 Å². The van der Waals surface area contributed by atoms with Crippen molar-refractivity contribution >= 4 is 5.78 Å². The first-order chi connectivity index (χ1) is 8.25. The van der Waals surface area contributed by atoms with Crippen molar-refractivity contribution in [2.75, 3.05) is 19.7 Å². The van der Waals surface area contributed by atoms with Gasteiger partial charge in [0.25, 0.3) is 0 Å². The first-order valence-corrected chi connectivity index (χ1v) is 7.11. The van der Waals surface area contributed by atoms with Crippen LogP contribution in [0.4, 0.5) is 0 Å². The van der Waals surface area contributed by atoms with Gasteiger partial charge in [0.15, 0.2) is 0 Å². The molecule has 2 unspecified atom stereocenters. The van der Waals surface area contributed by atoms with Gasteiger partial charge >= 0.3 is 0 Å². The number of hydrogen-bond donors (Lipinski definition) is 0. The highest BCUT2D eigenvalue weighted by molar-refractivity contribution is 5.76. The Kier molecular flexibility index (Phi) is 4.99.